The fraction of sp³-hybridized carbons (Fsp3) is 0.976. The third-order valence-corrected chi connectivity index (χ3v) is 12.5. The van der Waals surface area contributed by atoms with Gasteiger partial charge in [-0.1, -0.05) is 20.8 Å². The number of carbonyl (C=O) groups is 1. The summed E-state index contributed by atoms with van der Waals surface area (Å²) in [4.78, 5) is 18.0. The molecule has 0 radical (unpaired) electrons. The molecule has 0 saturated carbocycles. The van der Waals surface area contributed by atoms with Gasteiger partial charge in [-0.15, -0.1) is 0 Å². The molecule has 0 spiro atoms. The number of hydrogen-bond donors (Lipinski definition) is 7. The van der Waals surface area contributed by atoms with Crippen LogP contribution in [0.1, 0.15) is 102 Å². The Morgan fingerprint density at radius 2 is 1.54 bits per heavy atom. The Hall–Kier alpha value is -1.09. The molecule has 0 amide bonds. The van der Waals surface area contributed by atoms with Crippen LogP contribution in [-0.4, -0.2) is 189 Å². The van der Waals surface area contributed by atoms with Crippen LogP contribution in [0.2, 0.25) is 0 Å². The molecule has 1 unspecified atom stereocenters. The SMILES string of the molecule is CC(O)CO.CC[C@H]1OC(=O)[C@H](C)[C@@H](O[C@H]2C[C@@](C)(OC)[C@@H](O)[C@H](C)O2)[C@H](C)[C@@H](O[C@@H]2O[C@H](C)C[C@H](N(C)C)[C@H]2O)[C@@](C)(O)C[C@H](C)CN(C)[C@H](C)[C@@H](O)[C@]1(C)O. The highest BCUT2D eigenvalue weighted by Crippen LogP contribution is 2.40. The number of rotatable bonds is 8. The first-order valence-electron chi connectivity index (χ1n) is 20.7. The first kappa shape index (κ1) is 52.0. The molecule has 19 atom stereocenters. The number of carbonyl (C=O) groups excluding carboxylic acids is 1. The fourth-order valence-corrected chi connectivity index (χ4v) is 8.74. The van der Waals surface area contributed by atoms with Crippen molar-refractivity contribution in [1.29, 1.82) is 0 Å². The molecule has 338 valence electrons. The molecular weight excluding hydrogens is 744 g/mol. The van der Waals surface area contributed by atoms with Crippen molar-refractivity contribution < 1.29 is 69.0 Å². The number of likely N-dealkylation sites (N-methyl/N-ethyl adjacent to an activating group) is 2. The summed E-state index contributed by atoms with van der Waals surface area (Å²) in [6, 6.07) is -0.808. The van der Waals surface area contributed by atoms with E-state index in [0.717, 1.165) is 0 Å². The van der Waals surface area contributed by atoms with Gasteiger partial charge in [0.25, 0.3) is 0 Å². The summed E-state index contributed by atoms with van der Waals surface area (Å²) in [5, 5.41) is 74.1. The van der Waals surface area contributed by atoms with Crippen LogP contribution < -0.4 is 0 Å². The minimum Gasteiger partial charge on any atom is -0.459 e. The molecule has 3 rings (SSSR count). The van der Waals surface area contributed by atoms with Gasteiger partial charge in [-0.2, -0.15) is 0 Å². The highest BCUT2D eigenvalue weighted by atomic mass is 16.7. The van der Waals surface area contributed by atoms with E-state index in [2.05, 4.69) is 0 Å². The third kappa shape index (κ3) is 13.2. The standard InChI is InChI=1S/C38H72N2O12.C3H8O2/c1-15-27-38(10,46)31(42)24(6)40(13)19-20(2)17-36(8,45)33(52-35-29(41)26(39(11)12)16-21(3)48-35)22(4)30(23(5)34(44)50-27)51-28-18-37(9,47-14)32(43)25(7)49-28;1-3(5)2-4/h20-33,35,41-43,45-46H,15-19H2,1-14H3;3-5H,2H2,1H3/t20-,21+,22-,23+,24+,25-,26-,27+,28-,29+,30-,31+,32-,33+,35-,36-,37+,38+;/m0./s1. The Morgan fingerprint density at radius 1 is 0.965 bits per heavy atom. The first-order valence-corrected chi connectivity index (χ1v) is 20.7. The van der Waals surface area contributed by atoms with Crippen molar-refractivity contribution in [2.75, 3.05) is 41.4 Å². The quantitative estimate of drug-likeness (QED) is 0.171. The van der Waals surface area contributed by atoms with Crippen molar-refractivity contribution in [3.05, 3.63) is 0 Å². The Bertz CT molecular complexity index is 1210. The van der Waals surface area contributed by atoms with Crippen LogP contribution >= 0.6 is 0 Å². The van der Waals surface area contributed by atoms with Gasteiger partial charge in [0, 0.05) is 38.1 Å². The van der Waals surface area contributed by atoms with Gasteiger partial charge in [-0.3, -0.25) is 4.79 Å². The Balaban J connectivity index is 0.00000210. The lowest BCUT2D eigenvalue weighted by molar-refractivity contribution is -0.318. The molecule has 57 heavy (non-hydrogen) atoms. The molecule has 0 aromatic heterocycles. The lowest BCUT2D eigenvalue weighted by atomic mass is 9.77. The summed E-state index contributed by atoms with van der Waals surface area (Å²) in [5.74, 6) is -2.58. The predicted molar refractivity (Wildman–Crippen MR) is 213 cm³/mol. The van der Waals surface area contributed by atoms with Gasteiger partial charge in [0.1, 0.15) is 30.0 Å². The zero-order valence-corrected chi connectivity index (χ0v) is 37.4. The largest absolute Gasteiger partial charge is 0.459 e. The van der Waals surface area contributed by atoms with Crippen molar-refractivity contribution in [2.45, 2.75) is 198 Å². The van der Waals surface area contributed by atoms with Crippen LogP contribution in [0.4, 0.5) is 0 Å². The number of ether oxygens (including phenoxy) is 6. The molecule has 16 heteroatoms. The maximum Gasteiger partial charge on any atom is 0.311 e. The summed E-state index contributed by atoms with van der Waals surface area (Å²) in [6.07, 6.45) is -8.75. The smallest absolute Gasteiger partial charge is 0.311 e. The highest BCUT2D eigenvalue weighted by Gasteiger charge is 2.52. The maximum atomic E-state index is 14.2. The van der Waals surface area contributed by atoms with Gasteiger partial charge in [0.15, 0.2) is 12.6 Å². The van der Waals surface area contributed by atoms with Crippen LogP contribution in [0.15, 0.2) is 0 Å². The van der Waals surface area contributed by atoms with E-state index in [0.29, 0.717) is 13.0 Å². The fourth-order valence-electron chi connectivity index (χ4n) is 8.74. The Labute approximate surface area is 341 Å². The number of nitrogens with zero attached hydrogens (tertiary/aromatic N) is 2. The molecule has 3 fully saturated rings. The van der Waals surface area contributed by atoms with Gasteiger partial charge < -0.3 is 74.0 Å². The van der Waals surface area contributed by atoms with Gasteiger partial charge >= 0.3 is 5.97 Å². The van der Waals surface area contributed by atoms with Gasteiger partial charge in [-0.25, -0.2) is 0 Å². The van der Waals surface area contributed by atoms with Gasteiger partial charge in [0.2, 0.25) is 0 Å². The van der Waals surface area contributed by atoms with Crippen molar-refractivity contribution in [2.24, 2.45) is 17.8 Å². The van der Waals surface area contributed by atoms with E-state index in [4.69, 9.17) is 38.6 Å². The maximum absolute atomic E-state index is 14.2. The molecule has 0 aromatic carbocycles. The minimum absolute atomic E-state index is 0.133. The van der Waals surface area contributed by atoms with Crippen LogP contribution in [0.3, 0.4) is 0 Å². The van der Waals surface area contributed by atoms with E-state index in [1.165, 1.54) is 21.0 Å². The molecule has 0 aromatic rings. The molecule has 3 aliphatic rings. The monoisotopic (exact) mass is 825 g/mol. The number of cyclic esters (lactones) is 1. The first-order chi connectivity index (χ1) is 26.2. The number of esters is 1. The van der Waals surface area contributed by atoms with Crippen LogP contribution in [0.25, 0.3) is 0 Å². The van der Waals surface area contributed by atoms with E-state index in [1.54, 1.807) is 41.5 Å². The Kier molecular flexibility index (Phi) is 19.7. The number of hydrogen-bond acceptors (Lipinski definition) is 16. The highest BCUT2D eigenvalue weighted by molar-refractivity contribution is 5.73. The molecule has 3 heterocycles. The molecule has 3 aliphatic heterocycles. The zero-order valence-electron chi connectivity index (χ0n) is 37.4. The van der Waals surface area contributed by atoms with E-state index in [-0.39, 0.29) is 43.9 Å². The topological polar surface area (TPSA) is 221 Å². The molecule has 0 aliphatic carbocycles. The molecule has 0 bridgehead atoms. The predicted octanol–water partition coefficient (Wildman–Crippen LogP) is 1.26. The number of aliphatic hydroxyl groups is 7. The lowest BCUT2D eigenvalue weighted by Gasteiger charge is -2.48. The third-order valence-electron chi connectivity index (χ3n) is 12.5. The second kappa shape index (κ2) is 21.6. The van der Waals surface area contributed by atoms with Crippen molar-refractivity contribution in [3.8, 4) is 0 Å². The van der Waals surface area contributed by atoms with E-state index in [1.807, 2.05) is 51.7 Å². The normalized spacial score (nSPS) is 46.6. The second-order valence-electron chi connectivity index (χ2n) is 18.2. The summed E-state index contributed by atoms with van der Waals surface area (Å²) in [7, 11) is 7.12. The number of methoxy groups -OCH3 is 1. The molecular formula is C41H80N2O14. The van der Waals surface area contributed by atoms with Crippen LogP contribution in [-0.2, 0) is 33.2 Å². The Morgan fingerprint density at radius 3 is 2.05 bits per heavy atom. The van der Waals surface area contributed by atoms with E-state index >= 15 is 0 Å². The molecule has 3 saturated heterocycles. The average Bonchev–Trinajstić information content (AvgIpc) is 3.12. The zero-order chi connectivity index (χ0) is 44.0. The second-order valence-corrected chi connectivity index (χ2v) is 18.2. The van der Waals surface area contributed by atoms with Crippen LogP contribution in [0.5, 0.6) is 0 Å². The summed E-state index contributed by atoms with van der Waals surface area (Å²) < 4.78 is 37.5. The van der Waals surface area contributed by atoms with E-state index < -0.39 is 102 Å². The molecule has 16 nitrogen and oxygen atoms in total. The minimum atomic E-state index is -1.80. The summed E-state index contributed by atoms with van der Waals surface area (Å²) >= 11 is 0. The van der Waals surface area contributed by atoms with Crippen molar-refractivity contribution in [3.63, 3.8) is 0 Å². The average molecular weight is 825 g/mol. The number of aliphatic hydroxyl groups excluding tert-OH is 5. The van der Waals surface area contributed by atoms with E-state index in [9.17, 15) is 30.3 Å². The van der Waals surface area contributed by atoms with Crippen LogP contribution in [0, 0.1) is 17.8 Å². The summed E-state index contributed by atoms with van der Waals surface area (Å²) in [6.45, 7) is 19.4. The van der Waals surface area contributed by atoms with Crippen molar-refractivity contribution in [1.82, 2.24) is 9.80 Å². The summed E-state index contributed by atoms with van der Waals surface area (Å²) in [5.41, 5.74) is -4.37. The van der Waals surface area contributed by atoms with Gasteiger partial charge in [-0.05, 0) is 102 Å². The van der Waals surface area contributed by atoms with Crippen molar-refractivity contribution >= 4 is 5.97 Å². The molecule has 7 N–H and O–H groups in total. The van der Waals surface area contributed by atoms with Gasteiger partial charge in [0.05, 0.1) is 54.2 Å². The lowest BCUT2D eigenvalue weighted by Crippen LogP contribution is -2.60.